The SMILES string of the molecule is Cc1cc(C(=O)NCC(=O)N2CCN(c3ccc(OCc4ccccc4)cc3)CC2)cnc1F. The molecule has 0 bridgehead atoms. The number of hydrogen-bond acceptors (Lipinski definition) is 5. The van der Waals surface area contributed by atoms with Crippen molar-refractivity contribution in [2.24, 2.45) is 0 Å². The number of halogens is 1. The molecule has 1 aliphatic heterocycles. The average Bonchev–Trinajstić information content (AvgIpc) is 2.88. The molecule has 1 fully saturated rings. The molecule has 2 amide bonds. The van der Waals surface area contributed by atoms with Gasteiger partial charge in [-0.25, -0.2) is 4.98 Å². The summed E-state index contributed by atoms with van der Waals surface area (Å²) in [5.41, 5.74) is 2.71. The van der Waals surface area contributed by atoms with Crippen molar-refractivity contribution in [3.05, 3.63) is 89.5 Å². The Balaban J connectivity index is 1.22. The van der Waals surface area contributed by atoms with Gasteiger partial charge < -0.3 is 19.9 Å². The van der Waals surface area contributed by atoms with Crippen molar-refractivity contribution in [3.8, 4) is 5.75 Å². The molecule has 1 aromatic heterocycles. The zero-order chi connectivity index (χ0) is 23.9. The number of carbonyl (C=O) groups is 2. The largest absolute Gasteiger partial charge is 0.489 e. The predicted octanol–water partition coefficient (Wildman–Crippen LogP) is 3.19. The average molecular weight is 463 g/mol. The first-order valence-electron chi connectivity index (χ1n) is 11.2. The highest BCUT2D eigenvalue weighted by Gasteiger charge is 2.22. The summed E-state index contributed by atoms with van der Waals surface area (Å²) < 4.78 is 19.1. The van der Waals surface area contributed by atoms with E-state index >= 15 is 0 Å². The van der Waals surface area contributed by atoms with Crippen molar-refractivity contribution in [2.75, 3.05) is 37.6 Å². The lowest BCUT2D eigenvalue weighted by Crippen LogP contribution is -2.51. The van der Waals surface area contributed by atoms with Crippen LogP contribution >= 0.6 is 0 Å². The number of hydrogen-bond donors (Lipinski definition) is 1. The van der Waals surface area contributed by atoms with Gasteiger partial charge in [0.15, 0.2) is 0 Å². The third-order valence-electron chi connectivity index (χ3n) is 5.76. The van der Waals surface area contributed by atoms with Crippen LogP contribution in [0.3, 0.4) is 0 Å². The van der Waals surface area contributed by atoms with E-state index in [4.69, 9.17) is 4.74 Å². The van der Waals surface area contributed by atoms with Gasteiger partial charge in [0.25, 0.3) is 5.91 Å². The van der Waals surface area contributed by atoms with E-state index in [2.05, 4.69) is 15.2 Å². The van der Waals surface area contributed by atoms with Gasteiger partial charge in [-0.05, 0) is 42.8 Å². The zero-order valence-corrected chi connectivity index (χ0v) is 19.0. The van der Waals surface area contributed by atoms with Crippen LogP contribution in [0.15, 0.2) is 66.9 Å². The lowest BCUT2D eigenvalue weighted by atomic mass is 10.2. The Labute approximate surface area is 198 Å². The molecule has 3 aromatic rings. The topological polar surface area (TPSA) is 74.8 Å². The van der Waals surface area contributed by atoms with Crippen LogP contribution in [0.2, 0.25) is 0 Å². The van der Waals surface area contributed by atoms with E-state index in [1.165, 1.54) is 19.2 Å². The summed E-state index contributed by atoms with van der Waals surface area (Å²) in [7, 11) is 0. The molecular formula is C26H27FN4O3. The maximum absolute atomic E-state index is 13.3. The van der Waals surface area contributed by atoms with Gasteiger partial charge in [0, 0.05) is 43.6 Å². The molecule has 34 heavy (non-hydrogen) atoms. The molecule has 4 rings (SSSR count). The Kier molecular flexibility index (Phi) is 7.37. The second-order valence-electron chi connectivity index (χ2n) is 8.15. The highest BCUT2D eigenvalue weighted by atomic mass is 19.1. The molecule has 0 saturated carbocycles. The van der Waals surface area contributed by atoms with Gasteiger partial charge in [0.05, 0.1) is 12.1 Å². The first-order valence-corrected chi connectivity index (χ1v) is 11.2. The Morgan fingerprint density at radius 2 is 1.74 bits per heavy atom. The number of aryl methyl sites for hydroxylation is 1. The fourth-order valence-electron chi connectivity index (χ4n) is 3.76. The maximum atomic E-state index is 13.3. The minimum atomic E-state index is -0.611. The normalized spacial score (nSPS) is 13.5. The first kappa shape index (κ1) is 23.2. The highest BCUT2D eigenvalue weighted by Crippen LogP contribution is 2.21. The Bertz CT molecular complexity index is 1130. The van der Waals surface area contributed by atoms with Gasteiger partial charge in [0.2, 0.25) is 11.9 Å². The first-order chi connectivity index (χ1) is 16.5. The number of nitrogens with one attached hydrogen (secondary N) is 1. The fourth-order valence-corrected chi connectivity index (χ4v) is 3.76. The standard InChI is InChI=1S/C26H27FN4O3/c1-19-15-21(16-28-25(19)27)26(33)29-17-24(32)31-13-11-30(12-14-31)22-7-9-23(10-8-22)34-18-20-5-3-2-4-6-20/h2-10,15-16H,11-14,17-18H2,1H3,(H,29,33). The van der Waals surface area contributed by atoms with Gasteiger partial charge in [-0.1, -0.05) is 30.3 Å². The van der Waals surface area contributed by atoms with Crippen LogP contribution in [0.4, 0.5) is 10.1 Å². The van der Waals surface area contributed by atoms with Crippen molar-refractivity contribution in [2.45, 2.75) is 13.5 Å². The number of anilines is 1. The third-order valence-corrected chi connectivity index (χ3v) is 5.76. The Morgan fingerprint density at radius 1 is 1.03 bits per heavy atom. The summed E-state index contributed by atoms with van der Waals surface area (Å²) in [5, 5.41) is 2.60. The van der Waals surface area contributed by atoms with Crippen molar-refractivity contribution in [3.63, 3.8) is 0 Å². The maximum Gasteiger partial charge on any atom is 0.253 e. The van der Waals surface area contributed by atoms with Crippen LogP contribution in [0.5, 0.6) is 5.75 Å². The van der Waals surface area contributed by atoms with Gasteiger partial charge >= 0.3 is 0 Å². The van der Waals surface area contributed by atoms with Gasteiger partial charge in [-0.3, -0.25) is 9.59 Å². The number of amides is 2. The molecular weight excluding hydrogens is 435 g/mol. The molecule has 0 aliphatic carbocycles. The van der Waals surface area contributed by atoms with Crippen LogP contribution in [0.1, 0.15) is 21.5 Å². The van der Waals surface area contributed by atoms with E-state index in [9.17, 15) is 14.0 Å². The highest BCUT2D eigenvalue weighted by molar-refractivity contribution is 5.96. The van der Waals surface area contributed by atoms with Crippen LogP contribution in [0, 0.1) is 12.9 Å². The van der Waals surface area contributed by atoms with E-state index < -0.39 is 11.9 Å². The van der Waals surface area contributed by atoms with Crippen LogP contribution in [0.25, 0.3) is 0 Å². The van der Waals surface area contributed by atoms with Gasteiger partial charge in [-0.2, -0.15) is 4.39 Å². The minimum absolute atomic E-state index is 0.108. The van der Waals surface area contributed by atoms with Crippen molar-refractivity contribution >= 4 is 17.5 Å². The van der Waals surface area contributed by atoms with Crippen molar-refractivity contribution in [1.82, 2.24) is 15.2 Å². The molecule has 2 heterocycles. The van der Waals surface area contributed by atoms with E-state index in [-0.39, 0.29) is 23.6 Å². The number of piperazine rings is 1. The minimum Gasteiger partial charge on any atom is -0.489 e. The summed E-state index contributed by atoms with van der Waals surface area (Å²) in [5.74, 6) is -0.398. The van der Waals surface area contributed by atoms with Gasteiger partial charge in [-0.15, -0.1) is 0 Å². The van der Waals surface area contributed by atoms with Crippen molar-refractivity contribution < 1.29 is 18.7 Å². The molecule has 8 heteroatoms. The molecule has 0 radical (unpaired) electrons. The van der Waals surface area contributed by atoms with E-state index in [1.54, 1.807) is 4.90 Å². The quantitative estimate of drug-likeness (QED) is 0.546. The molecule has 0 unspecified atom stereocenters. The summed E-state index contributed by atoms with van der Waals surface area (Å²) >= 11 is 0. The fraction of sp³-hybridized carbons (Fsp3) is 0.269. The van der Waals surface area contributed by atoms with Crippen LogP contribution in [-0.4, -0.2) is 54.4 Å². The number of ether oxygens (including phenoxy) is 1. The third kappa shape index (κ3) is 5.89. The second-order valence-corrected chi connectivity index (χ2v) is 8.15. The van der Waals surface area contributed by atoms with Gasteiger partial charge in [0.1, 0.15) is 12.4 Å². The smallest absolute Gasteiger partial charge is 0.253 e. The summed E-state index contributed by atoms with van der Waals surface area (Å²) in [6.45, 7) is 4.48. The molecule has 2 aromatic carbocycles. The number of rotatable bonds is 7. The number of aromatic nitrogens is 1. The lowest BCUT2D eigenvalue weighted by molar-refractivity contribution is -0.130. The molecule has 1 N–H and O–H groups in total. The number of benzene rings is 2. The van der Waals surface area contributed by atoms with E-state index in [0.29, 0.717) is 32.8 Å². The van der Waals surface area contributed by atoms with E-state index in [1.807, 2.05) is 54.6 Å². The molecule has 0 spiro atoms. The Hall–Kier alpha value is -3.94. The van der Waals surface area contributed by atoms with Crippen molar-refractivity contribution in [1.29, 1.82) is 0 Å². The summed E-state index contributed by atoms with van der Waals surface area (Å²) in [6.07, 6.45) is 1.17. The molecule has 1 aliphatic rings. The molecule has 7 nitrogen and oxygen atoms in total. The summed E-state index contributed by atoms with van der Waals surface area (Å²) in [4.78, 5) is 32.3. The van der Waals surface area contributed by atoms with Crippen LogP contribution < -0.4 is 15.0 Å². The lowest BCUT2D eigenvalue weighted by Gasteiger charge is -2.36. The van der Waals surface area contributed by atoms with E-state index in [0.717, 1.165) is 17.0 Å². The zero-order valence-electron chi connectivity index (χ0n) is 19.0. The van der Waals surface area contributed by atoms with Crippen LogP contribution in [-0.2, 0) is 11.4 Å². The number of pyridine rings is 1. The summed E-state index contributed by atoms with van der Waals surface area (Å²) in [6, 6.07) is 19.4. The monoisotopic (exact) mass is 462 g/mol. The second kappa shape index (κ2) is 10.8. The number of carbonyl (C=O) groups excluding carboxylic acids is 2. The Morgan fingerprint density at radius 3 is 2.41 bits per heavy atom. The molecule has 176 valence electrons. The molecule has 1 saturated heterocycles. The number of nitrogens with zero attached hydrogens (tertiary/aromatic N) is 3. The molecule has 0 atom stereocenters. The predicted molar refractivity (Wildman–Crippen MR) is 127 cm³/mol.